The number of hydrogen-bond acceptors (Lipinski definition) is 2. The summed E-state index contributed by atoms with van der Waals surface area (Å²) in [5.41, 5.74) is 6.99. The van der Waals surface area contributed by atoms with Gasteiger partial charge in [0.25, 0.3) is 0 Å². The third kappa shape index (κ3) is 2.40. The van der Waals surface area contributed by atoms with Gasteiger partial charge in [0.15, 0.2) is 0 Å². The summed E-state index contributed by atoms with van der Waals surface area (Å²) in [5, 5.41) is 0. The summed E-state index contributed by atoms with van der Waals surface area (Å²) in [5.74, 6) is 0. The number of hydrogen-bond donors (Lipinski definition) is 1. The topological polar surface area (TPSA) is 35.2 Å². The average molecular weight is 141 g/mol. The predicted octanol–water partition coefficient (Wildman–Crippen LogP) is 1.42. The Morgan fingerprint density at radius 1 is 1.80 bits per heavy atom. The Hall–Kier alpha value is -0.500. The lowest BCUT2D eigenvalue weighted by molar-refractivity contribution is 0.222. The molecule has 0 saturated heterocycles. The first-order chi connectivity index (χ1) is 4.79. The highest BCUT2D eigenvalue weighted by Gasteiger charge is 2.05. The van der Waals surface area contributed by atoms with Crippen molar-refractivity contribution in [3.8, 4) is 0 Å². The quantitative estimate of drug-likeness (QED) is 0.631. The molecule has 0 aliphatic carbocycles. The van der Waals surface area contributed by atoms with Gasteiger partial charge < -0.3 is 10.5 Å². The highest BCUT2D eigenvalue weighted by Crippen LogP contribution is 2.15. The molecule has 0 saturated carbocycles. The molecule has 1 atom stereocenters. The van der Waals surface area contributed by atoms with Gasteiger partial charge in [0, 0.05) is 6.04 Å². The van der Waals surface area contributed by atoms with Crippen LogP contribution in [0.4, 0.5) is 0 Å². The van der Waals surface area contributed by atoms with Crippen LogP contribution in [-0.4, -0.2) is 12.6 Å². The molecule has 1 heterocycles. The maximum atomic E-state index is 5.63. The smallest absolute Gasteiger partial charge is 0.0876 e. The third-order valence-corrected chi connectivity index (χ3v) is 1.59. The normalized spacial score (nSPS) is 21.2. The van der Waals surface area contributed by atoms with E-state index in [9.17, 15) is 0 Å². The van der Waals surface area contributed by atoms with Crippen molar-refractivity contribution in [1.29, 1.82) is 0 Å². The fraction of sp³-hybridized carbons (Fsp3) is 0.750. The number of rotatable bonds is 2. The summed E-state index contributed by atoms with van der Waals surface area (Å²) in [6, 6.07) is 0.271. The van der Waals surface area contributed by atoms with Crippen molar-refractivity contribution in [3.05, 3.63) is 11.8 Å². The molecule has 0 aromatic carbocycles. The molecule has 10 heavy (non-hydrogen) atoms. The number of nitrogens with two attached hydrogens (primary N) is 1. The minimum atomic E-state index is 0.271. The van der Waals surface area contributed by atoms with Crippen LogP contribution in [0.5, 0.6) is 0 Å². The van der Waals surface area contributed by atoms with E-state index in [0.29, 0.717) is 0 Å². The van der Waals surface area contributed by atoms with Crippen molar-refractivity contribution < 1.29 is 4.74 Å². The summed E-state index contributed by atoms with van der Waals surface area (Å²) < 4.78 is 5.17. The van der Waals surface area contributed by atoms with Crippen LogP contribution in [-0.2, 0) is 4.74 Å². The fourth-order valence-corrected chi connectivity index (χ4v) is 1.18. The summed E-state index contributed by atoms with van der Waals surface area (Å²) in [7, 11) is 0. The summed E-state index contributed by atoms with van der Waals surface area (Å²) in [6.07, 6.45) is 5.17. The van der Waals surface area contributed by atoms with Crippen LogP contribution in [0.3, 0.4) is 0 Å². The predicted molar refractivity (Wildman–Crippen MR) is 41.5 cm³/mol. The highest BCUT2D eigenvalue weighted by molar-refractivity contribution is 5.01. The molecule has 0 radical (unpaired) electrons. The summed E-state index contributed by atoms with van der Waals surface area (Å²) in [4.78, 5) is 0. The minimum Gasteiger partial charge on any atom is -0.501 e. The Bertz CT molecular complexity index is 129. The maximum absolute atomic E-state index is 5.63. The van der Waals surface area contributed by atoms with E-state index in [2.05, 4.69) is 0 Å². The zero-order valence-corrected chi connectivity index (χ0v) is 6.47. The second-order valence-electron chi connectivity index (χ2n) is 2.93. The second kappa shape index (κ2) is 3.62. The van der Waals surface area contributed by atoms with E-state index in [-0.39, 0.29) is 6.04 Å². The van der Waals surface area contributed by atoms with Crippen molar-refractivity contribution in [2.45, 2.75) is 32.2 Å². The lowest BCUT2D eigenvalue weighted by Gasteiger charge is -2.14. The van der Waals surface area contributed by atoms with E-state index in [4.69, 9.17) is 10.5 Å². The molecule has 0 spiro atoms. The van der Waals surface area contributed by atoms with E-state index in [1.54, 1.807) is 0 Å². The zero-order valence-electron chi connectivity index (χ0n) is 6.47. The lowest BCUT2D eigenvalue weighted by Crippen LogP contribution is -2.16. The van der Waals surface area contributed by atoms with E-state index >= 15 is 0 Å². The Balaban J connectivity index is 2.31. The van der Waals surface area contributed by atoms with Gasteiger partial charge in [-0.15, -0.1) is 0 Å². The van der Waals surface area contributed by atoms with E-state index in [1.165, 1.54) is 12.0 Å². The Morgan fingerprint density at radius 2 is 2.60 bits per heavy atom. The van der Waals surface area contributed by atoms with Gasteiger partial charge in [-0.25, -0.2) is 0 Å². The van der Waals surface area contributed by atoms with Crippen molar-refractivity contribution >= 4 is 0 Å². The van der Waals surface area contributed by atoms with Crippen LogP contribution < -0.4 is 5.73 Å². The van der Waals surface area contributed by atoms with Gasteiger partial charge in [-0.05, 0) is 31.8 Å². The summed E-state index contributed by atoms with van der Waals surface area (Å²) in [6.45, 7) is 2.90. The van der Waals surface area contributed by atoms with E-state index < -0.39 is 0 Å². The largest absolute Gasteiger partial charge is 0.501 e. The Morgan fingerprint density at radius 3 is 3.10 bits per heavy atom. The SMILES string of the molecule is CC(N)CC1=COCCC1. The fourth-order valence-electron chi connectivity index (χ4n) is 1.18. The van der Waals surface area contributed by atoms with Crippen LogP contribution in [0.25, 0.3) is 0 Å². The molecule has 1 aliphatic heterocycles. The van der Waals surface area contributed by atoms with Gasteiger partial charge in [-0.1, -0.05) is 0 Å². The third-order valence-electron chi connectivity index (χ3n) is 1.59. The van der Waals surface area contributed by atoms with Gasteiger partial charge in [-0.2, -0.15) is 0 Å². The standard InChI is InChI=1S/C8H15NO/c1-7(9)5-8-3-2-4-10-6-8/h6-7H,2-5,9H2,1H3. The minimum absolute atomic E-state index is 0.271. The van der Waals surface area contributed by atoms with E-state index in [1.807, 2.05) is 13.2 Å². The first kappa shape index (κ1) is 7.61. The van der Waals surface area contributed by atoms with Gasteiger partial charge >= 0.3 is 0 Å². The van der Waals surface area contributed by atoms with Crippen LogP contribution in [0.15, 0.2) is 11.8 Å². The molecule has 1 unspecified atom stereocenters. The molecule has 2 N–H and O–H groups in total. The molecule has 2 heteroatoms. The molecule has 0 aromatic heterocycles. The van der Waals surface area contributed by atoms with Crippen LogP contribution in [0.1, 0.15) is 26.2 Å². The summed E-state index contributed by atoms with van der Waals surface area (Å²) >= 11 is 0. The molecule has 1 rings (SSSR count). The Labute approximate surface area is 62.1 Å². The van der Waals surface area contributed by atoms with Crippen LogP contribution in [0.2, 0.25) is 0 Å². The zero-order chi connectivity index (χ0) is 7.40. The molecule has 58 valence electrons. The van der Waals surface area contributed by atoms with Gasteiger partial charge in [-0.3, -0.25) is 0 Å². The van der Waals surface area contributed by atoms with Crippen molar-refractivity contribution in [2.75, 3.05) is 6.61 Å². The molecule has 0 aromatic rings. The van der Waals surface area contributed by atoms with Gasteiger partial charge in [0.1, 0.15) is 0 Å². The molecular formula is C8H15NO. The van der Waals surface area contributed by atoms with Crippen molar-refractivity contribution in [1.82, 2.24) is 0 Å². The van der Waals surface area contributed by atoms with E-state index in [0.717, 1.165) is 19.4 Å². The van der Waals surface area contributed by atoms with Crippen molar-refractivity contribution in [3.63, 3.8) is 0 Å². The molecular weight excluding hydrogens is 126 g/mol. The molecule has 2 nitrogen and oxygen atoms in total. The monoisotopic (exact) mass is 141 g/mol. The van der Waals surface area contributed by atoms with Crippen LogP contribution >= 0.6 is 0 Å². The van der Waals surface area contributed by atoms with Crippen molar-refractivity contribution in [2.24, 2.45) is 5.73 Å². The number of ether oxygens (including phenoxy) is 1. The average Bonchev–Trinajstić information content (AvgIpc) is 1.88. The molecule has 0 bridgehead atoms. The molecule has 0 amide bonds. The van der Waals surface area contributed by atoms with Gasteiger partial charge in [0.05, 0.1) is 12.9 Å². The van der Waals surface area contributed by atoms with Crippen LogP contribution in [0, 0.1) is 0 Å². The second-order valence-corrected chi connectivity index (χ2v) is 2.93. The first-order valence-corrected chi connectivity index (χ1v) is 3.84. The van der Waals surface area contributed by atoms with Gasteiger partial charge in [0.2, 0.25) is 0 Å². The first-order valence-electron chi connectivity index (χ1n) is 3.84. The molecule has 0 fully saturated rings. The Kier molecular flexibility index (Phi) is 2.75. The molecule has 1 aliphatic rings. The highest BCUT2D eigenvalue weighted by atomic mass is 16.5. The lowest BCUT2D eigenvalue weighted by atomic mass is 10.0. The maximum Gasteiger partial charge on any atom is 0.0876 e.